The second-order valence-corrected chi connectivity index (χ2v) is 1.41. The molecule has 50 valence electrons. The summed E-state index contributed by atoms with van der Waals surface area (Å²) < 4.78 is 23.0. The summed E-state index contributed by atoms with van der Waals surface area (Å²) in [4.78, 5) is 0. The summed E-state index contributed by atoms with van der Waals surface area (Å²) in [6.45, 7) is -0.520. The normalized spacial score (nSPS) is 14.6. The number of aliphatic hydroxyl groups is 1. The van der Waals surface area contributed by atoms with Crippen LogP contribution in [-0.2, 0) is 0 Å². The molecule has 0 aromatic heterocycles. The lowest BCUT2D eigenvalue weighted by Crippen LogP contribution is -2.35. The van der Waals surface area contributed by atoms with Gasteiger partial charge in [-0.05, 0) is 7.05 Å². The Morgan fingerprint density at radius 3 is 2.12 bits per heavy atom. The second kappa shape index (κ2) is 3.74. The second-order valence-electron chi connectivity index (χ2n) is 1.41. The zero-order chi connectivity index (χ0) is 6.57. The summed E-state index contributed by atoms with van der Waals surface area (Å²) in [6, 6.07) is -1.07. The van der Waals surface area contributed by atoms with Crippen molar-refractivity contribution in [3.8, 4) is 0 Å². The number of hydrogen-bond acceptors (Lipinski definition) is 2. The van der Waals surface area contributed by atoms with E-state index in [1.807, 2.05) is 0 Å². The Bertz CT molecular complexity index is 56.0. The van der Waals surface area contributed by atoms with Gasteiger partial charge < -0.3 is 10.4 Å². The molecule has 0 saturated heterocycles. The van der Waals surface area contributed by atoms with Crippen LogP contribution >= 0.6 is 0 Å². The highest BCUT2D eigenvalue weighted by Gasteiger charge is 2.15. The fourth-order valence-electron chi connectivity index (χ4n) is 0.297. The number of alkyl halides is 2. The fraction of sp³-hybridized carbons (Fsp3) is 1.00. The molecule has 0 heterocycles. The van der Waals surface area contributed by atoms with Crippen LogP contribution in [0.1, 0.15) is 0 Å². The predicted molar refractivity (Wildman–Crippen MR) is 25.9 cm³/mol. The van der Waals surface area contributed by atoms with Crippen molar-refractivity contribution >= 4 is 0 Å². The number of rotatable bonds is 3. The van der Waals surface area contributed by atoms with Crippen molar-refractivity contribution in [2.75, 3.05) is 13.7 Å². The summed E-state index contributed by atoms with van der Waals surface area (Å²) in [5.74, 6) is 0. The summed E-state index contributed by atoms with van der Waals surface area (Å²) in [6.07, 6.45) is -2.48. The van der Waals surface area contributed by atoms with E-state index in [1.54, 1.807) is 0 Å². The average Bonchev–Trinajstić information content (AvgIpc) is 1.69. The minimum atomic E-state index is -2.48. The quantitative estimate of drug-likeness (QED) is 0.549. The lowest BCUT2D eigenvalue weighted by atomic mass is 10.3. The van der Waals surface area contributed by atoms with Crippen LogP contribution in [0.4, 0.5) is 8.78 Å². The zero-order valence-corrected chi connectivity index (χ0v) is 4.56. The highest BCUT2D eigenvalue weighted by Crippen LogP contribution is 1.97. The van der Waals surface area contributed by atoms with Gasteiger partial charge in [0.15, 0.2) is 0 Å². The summed E-state index contributed by atoms with van der Waals surface area (Å²) >= 11 is 0. The van der Waals surface area contributed by atoms with Crippen LogP contribution in [0.25, 0.3) is 0 Å². The van der Waals surface area contributed by atoms with E-state index >= 15 is 0 Å². The Balaban J connectivity index is 3.35. The first-order valence-corrected chi connectivity index (χ1v) is 2.28. The van der Waals surface area contributed by atoms with E-state index in [0.717, 1.165) is 0 Å². The van der Waals surface area contributed by atoms with Gasteiger partial charge in [-0.25, -0.2) is 8.78 Å². The van der Waals surface area contributed by atoms with Crippen LogP contribution in [-0.4, -0.2) is 31.2 Å². The van der Waals surface area contributed by atoms with Crippen LogP contribution in [0.5, 0.6) is 0 Å². The van der Waals surface area contributed by atoms with E-state index in [2.05, 4.69) is 5.32 Å². The van der Waals surface area contributed by atoms with Gasteiger partial charge in [0.2, 0.25) is 0 Å². The monoisotopic (exact) mass is 125 g/mol. The van der Waals surface area contributed by atoms with Crippen molar-refractivity contribution in [3.63, 3.8) is 0 Å². The van der Waals surface area contributed by atoms with Gasteiger partial charge in [-0.3, -0.25) is 0 Å². The SMILES string of the molecule is CN[C@@H](CO)C(F)F. The van der Waals surface area contributed by atoms with Crippen LogP contribution in [0, 0.1) is 0 Å². The van der Waals surface area contributed by atoms with Gasteiger partial charge >= 0.3 is 0 Å². The van der Waals surface area contributed by atoms with E-state index in [1.165, 1.54) is 7.05 Å². The highest BCUT2D eigenvalue weighted by molar-refractivity contribution is 4.63. The molecule has 0 bridgehead atoms. The van der Waals surface area contributed by atoms with Gasteiger partial charge in [0, 0.05) is 0 Å². The summed E-state index contributed by atoms with van der Waals surface area (Å²) in [7, 11) is 1.38. The van der Waals surface area contributed by atoms with Gasteiger partial charge in [-0.1, -0.05) is 0 Å². The summed E-state index contributed by atoms with van der Waals surface area (Å²) in [5, 5.41) is 10.4. The number of halogens is 2. The number of likely N-dealkylation sites (N-methyl/N-ethyl adjacent to an activating group) is 1. The maximum atomic E-state index is 11.5. The topological polar surface area (TPSA) is 32.3 Å². The van der Waals surface area contributed by atoms with Gasteiger partial charge in [0.25, 0.3) is 6.43 Å². The standard InChI is InChI=1S/C4H9F2NO/c1-7-3(2-8)4(5)6/h3-4,7-8H,2H2,1H3/t3-/m0/s1. The summed E-state index contributed by atoms with van der Waals surface area (Å²) in [5.41, 5.74) is 0. The number of aliphatic hydroxyl groups excluding tert-OH is 1. The molecule has 8 heavy (non-hydrogen) atoms. The van der Waals surface area contributed by atoms with Crippen molar-refractivity contribution in [2.24, 2.45) is 0 Å². The molecular formula is C4H9F2NO. The molecule has 0 unspecified atom stereocenters. The molecule has 0 rings (SSSR count). The lowest BCUT2D eigenvalue weighted by Gasteiger charge is -2.09. The predicted octanol–water partition coefficient (Wildman–Crippen LogP) is -0.168. The molecule has 0 aromatic carbocycles. The molecule has 0 aliphatic heterocycles. The maximum Gasteiger partial charge on any atom is 0.255 e. The highest BCUT2D eigenvalue weighted by atomic mass is 19.3. The molecule has 2 nitrogen and oxygen atoms in total. The zero-order valence-electron chi connectivity index (χ0n) is 4.56. The first-order chi connectivity index (χ1) is 3.72. The van der Waals surface area contributed by atoms with Crippen molar-refractivity contribution in [1.82, 2.24) is 5.32 Å². The van der Waals surface area contributed by atoms with E-state index in [9.17, 15) is 8.78 Å². The smallest absolute Gasteiger partial charge is 0.255 e. The molecule has 0 aliphatic rings. The maximum absolute atomic E-state index is 11.5. The number of hydrogen-bond donors (Lipinski definition) is 2. The third kappa shape index (κ3) is 2.18. The molecule has 0 spiro atoms. The third-order valence-electron chi connectivity index (χ3n) is 0.872. The molecule has 0 fully saturated rings. The van der Waals surface area contributed by atoms with Crippen molar-refractivity contribution in [2.45, 2.75) is 12.5 Å². The molecule has 4 heteroatoms. The van der Waals surface area contributed by atoms with Crippen LogP contribution in [0.3, 0.4) is 0 Å². The minimum Gasteiger partial charge on any atom is -0.395 e. The lowest BCUT2D eigenvalue weighted by molar-refractivity contribution is 0.0693. The molecule has 1 atom stereocenters. The molecule has 0 radical (unpaired) electrons. The van der Waals surface area contributed by atoms with E-state index in [4.69, 9.17) is 5.11 Å². The molecule has 0 saturated carbocycles. The van der Waals surface area contributed by atoms with E-state index in [0.29, 0.717) is 0 Å². The van der Waals surface area contributed by atoms with Gasteiger partial charge in [0.1, 0.15) is 0 Å². The fourth-order valence-corrected chi connectivity index (χ4v) is 0.297. The molecule has 0 aromatic rings. The van der Waals surface area contributed by atoms with Gasteiger partial charge in [-0.2, -0.15) is 0 Å². The van der Waals surface area contributed by atoms with Crippen LogP contribution in [0.2, 0.25) is 0 Å². The number of nitrogens with one attached hydrogen (secondary N) is 1. The first kappa shape index (κ1) is 7.78. The Hall–Kier alpha value is -0.220. The molecule has 2 N–H and O–H groups in total. The molecule has 0 amide bonds. The van der Waals surface area contributed by atoms with Crippen LogP contribution in [0.15, 0.2) is 0 Å². The minimum absolute atomic E-state index is 0.520. The van der Waals surface area contributed by atoms with E-state index < -0.39 is 19.1 Å². The Morgan fingerprint density at radius 2 is 2.12 bits per heavy atom. The van der Waals surface area contributed by atoms with Crippen LogP contribution < -0.4 is 5.32 Å². The van der Waals surface area contributed by atoms with Crippen molar-refractivity contribution in [1.29, 1.82) is 0 Å². The molecule has 0 aliphatic carbocycles. The molecular weight excluding hydrogens is 116 g/mol. The van der Waals surface area contributed by atoms with Crippen molar-refractivity contribution in [3.05, 3.63) is 0 Å². The largest absolute Gasteiger partial charge is 0.395 e. The first-order valence-electron chi connectivity index (χ1n) is 2.28. The Labute approximate surface area is 46.5 Å². The Morgan fingerprint density at radius 1 is 1.62 bits per heavy atom. The van der Waals surface area contributed by atoms with Crippen molar-refractivity contribution < 1.29 is 13.9 Å². The van der Waals surface area contributed by atoms with E-state index in [-0.39, 0.29) is 0 Å². The Kier molecular flexibility index (Phi) is 3.64. The average molecular weight is 125 g/mol. The van der Waals surface area contributed by atoms with Gasteiger partial charge in [0.05, 0.1) is 12.6 Å². The van der Waals surface area contributed by atoms with Gasteiger partial charge in [-0.15, -0.1) is 0 Å². The third-order valence-corrected chi connectivity index (χ3v) is 0.872.